The second-order valence-corrected chi connectivity index (χ2v) is 6.82. The molecule has 1 aliphatic heterocycles. The number of ether oxygens (including phenoxy) is 1. The molecule has 1 saturated heterocycles. The molecule has 1 fully saturated rings. The van der Waals surface area contributed by atoms with Gasteiger partial charge in [0.05, 0.1) is 12.5 Å². The molecule has 6 heteroatoms. The highest BCUT2D eigenvalue weighted by Crippen LogP contribution is 2.24. The van der Waals surface area contributed by atoms with Gasteiger partial charge in [0.1, 0.15) is 11.6 Å². The van der Waals surface area contributed by atoms with Crippen LogP contribution in [0.25, 0.3) is 0 Å². The lowest BCUT2D eigenvalue weighted by atomic mass is 9.96. The molecule has 1 unspecified atom stereocenters. The van der Waals surface area contributed by atoms with E-state index in [2.05, 4.69) is 9.88 Å². The normalized spacial score (nSPS) is 17.0. The van der Waals surface area contributed by atoms with Crippen LogP contribution in [-0.2, 0) is 16.1 Å². The van der Waals surface area contributed by atoms with Crippen molar-refractivity contribution < 1.29 is 13.9 Å². The predicted octanol–water partition coefficient (Wildman–Crippen LogP) is 3.11. The van der Waals surface area contributed by atoms with E-state index in [0.717, 1.165) is 25.2 Å². The average Bonchev–Trinajstić information content (AvgIpc) is 2.72. The summed E-state index contributed by atoms with van der Waals surface area (Å²) >= 11 is 0. The molecule has 1 aromatic heterocycles. The van der Waals surface area contributed by atoms with Crippen molar-refractivity contribution in [1.29, 1.82) is 0 Å². The maximum atomic E-state index is 14.1. The fourth-order valence-electron chi connectivity index (χ4n) is 3.49. The molecule has 0 saturated carbocycles. The molecule has 3 rings (SSSR count). The molecule has 27 heavy (non-hydrogen) atoms. The molecule has 144 valence electrons. The maximum Gasteiger partial charge on any atom is 0.227 e. The Balaban J connectivity index is 1.71. The van der Waals surface area contributed by atoms with Crippen molar-refractivity contribution in [3.05, 3.63) is 60.0 Å². The van der Waals surface area contributed by atoms with Crippen LogP contribution in [0.1, 0.15) is 18.4 Å². The van der Waals surface area contributed by atoms with Gasteiger partial charge in [-0.15, -0.1) is 0 Å². The van der Waals surface area contributed by atoms with Crippen LogP contribution in [0.4, 0.5) is 10.2 Å². The van der Waals surface area contributed by atoms with Gasteiger partial charge in [0.15, 0.2) is 0 Å². The Morgan fingerprint density at radius 2 is 2.11 bits per heavy atom. The second kappa shape index (κ2) is 9.46. The van der Waals surface area contributed by atoms with Crippen molar-refractivity contribution in [3.63, 3.8) is 0 Å². The smallest absolute Gasteiger partial charge is 0.227 e. The van der Waals surface area contributed by atoms with E-state index >= 15 is 0 Å². The summed E-state index contributed by atoms with van der Waals surface area (Å²) in [6.07, 6.45) is 3.54. The first-order valence-electron chi connectivity index (χ1n) is 9.36. The SMILES string of the molecule is COCCN(Cc1ccccc1F)C(=O)C1CCCN(c2ccccn2)C1. The molecule has 2 aromatic rings. The van der Waals surface area contributed by atoms with Gasteiger partial charge in [-0.2, -0.15) is 0 Å². The summed E-state index contributed by atoms with van der Waals surface area (Å²) in [6.45, 7) is 2.67. The van der Waals surface area contributed by atoms with E-state index in [0.29, 0.717) is 25.3 Å². The number of hydrogen-bond acceptors (Lipinski definition) is 4. The molecule has 1 atom stereocenters. The van der Waals surface area contributed by atoms with Crippen LogP contribution in [0.2, 0.25) is 0 Å². The van der Waals surface area contributed by atoms with Crippen LogP contribution in [0.3, 0.4) is 0 Å². The van der Waals surface area contributed by atoms with Gasteiger partial charge in [-0.25, -0.2) is 9.37 Å². The Morgan fingerprint density at radius 1 is 1.30 bits per heavy atom. The molecule has 0 radical (unpaired) electrons. The number of carbonyl (C=O) groups excluding carboxylic acids is 1. The Kier molecular flexibility index (Phi) is 6.76. The predicted molar refractivity (Wildman–Crippen MR) is 103 cm³/mol. The first kappa shape index (κ1) is 19.3. The summed E-state index contributed by atoms with van der Waals surface area (Å²) < 4.78 is 19.2. The second-order valence-electron chi connectivity index (χ2n) is 6.82. The number of amides is 1. The van der Waals surface area contributed by atoms with Crippen LogP contribution in [0, 0.1) is 11.7 Å². The van der Waals surface area contributed by atoms with Gasteiger partial charge in [0.2, 0.25) is 5.91 Å². The Labute approximate surface area is 159 Å². The lowest BCUT2D eigenvalue weighted by molar-refractivity contribution is -0.137. The molecular weight excluding hydrogens is 345 g/mol. The van der Waals surface area contributed by atoms with Crippen LogP contribution in [0.5, 0.6) is 0 Å². The minimum atomic E-state index is -0.286. The van der Waals surface area contributed by atoms with Crippen LogP contribution < -0.4 is 4.90 Å². The lowest BCUT2D eigenvalue weighted by Gasteiger charge is -2.35. The molecule has 1 amide bonds. The highest BCUT2D eigenvalue weighted by atomic mass is 19.1. The number of benzene rings is 1. The third kappa shape index (κ3) is 5.04. The van der Waals surface area contributed by atoms with E-state index in [4.69, 9.17) is 4.74 Å². The van der Waals surface area contributed by atoms with E-state index in [-0.39, 0.29) is 24.2 Å². The summed E-state index contributed by atoms with van der Waals surface area (Å²) in [4.78, 5) is 21.5. The molecule has 0 spiro atoms. The number of methoxy groups -OCH3 is 1. The summed E-state index contributed by atoms with van der Waals surface area (Å²) in [6, 6.07) is 12.4. The maximum absolute atomic E-state index is 14.1. The zero-order chi connectivity index (χ0) is 19.1. The van der Waals surface area contributed by atoms with Gasteiger partial charge in [0.25, 0.3) is 0 Å². The summed E-state index contributed by atoms with van der Waals surface area (Å²) in [5, 5.41) is 0. The van der Waals surface area contributed by atoms with Gasteiger partial charge < -0.3 is 14.5 Å². The number of anilines is 1. The molecule has 5 nitrogen and oxygen atoms in total. The van der Waals surface area contributed by atoms with Gasteiger partial charge >= 0.3 is 0 Å². The standard InChI is InChI=1S/C21H26FN3O2/c1-27-14-13-25(15-17-7-2-3-9-19(17)22)21(26)18-8-6-12-24(16-18)20-10-4-5-11-23-20/h2-5,7,9-11,18H,6,8,12-16H2,1H3. The van der Waals surface area contributed by atoms with Crippen LogP contribution >= 0.6 is 0 Å². The number of hydrogen-bond donors (Lipinski definition) is 0. The van der Waals surface area contributed by atoms with Crippen molar-refractivity contribution in [3.8, 4) is 0 Å². The molecule has 0 N–H and O–H groups in total. The Bertz CT molecular complexity index is 741. The van der Waals surface area contributed by atoms with Crippen molar-refractivity contribution >= 4 is 11.7 Å². The molecule has 0 aliphatic carbocycles. The van der Waals surface area contributed by atoms with Crippen molar-refractivity contribution in [2.24, 2.45) is 5.92 Å². The summed E-state index contributed by atoms with van der Waals surface area (Å²) in [7, 11) is 1.61. The number of rotatable bonds is 7. The fraction of sp³-hybridized carbons (Fsp3) is 0.429. The van der Waals surface area contributed by atoms with Gasteiger partial charge in [-0.05, 0) is 31.0 Å². The van der Waals surface area contributed by atoms with E-state index in [9.17, 15) is 9.18 Å². The van der Waals surface area contributed by atoms with Crippen molar-refractivity contribution in [1.82, 2.24) is 9.88 Å². The number of halogens is 1. The molecule has 0 bridgehead atoms. The van der Waals surface area contributed by atoms with Gasteiger partial charge in [-0.1, -0.05) is 24.3 Å². The largest absolute Gasteiger partial charge is 0.383 e. The van der Waals surface area contributed by atoms with Crippen LogP contribution in [0.15, 0.2) is 48.7 Å². The third-order valence-corrected chi connectivity index (χ3v) is 4.94. The van der Waals surface area contributed by atoms with Gasteiger partial charge in [-0.3, -0.25) is 4.79 Å². The van der Waals surface area contributed by atoms with Gasteiger partial charge in [0, 0.05) is 45.0 Å². The van der Waals surface area contributed by atoms with Crippen LogP contribution in [-0.4, -0.2) is 49.1 Å². The Hall–Kier alpha value is -2.47. The molecule has 1 aromatic carbocycles. The topological polar surface area (TPSA) is 45.7 Å². The number of pyridine rings is 1. The summed E-state index contributed by atoms with van der Waals surface area (Å²) in [5.74, 6) is 0.541. The van der Waals surface area contributed by atoms with E-state index in [1.54, 1.807) is 36.4 Å². The average molecular weight is 371 g/mol. The van der Waals surface area contributed by atoms with Crippen molar-refractivity contribution in [2.75, 3.05) is 38.3 Å². The van der Waals surface area contributed by atoms with E-state index in [1.807, 2.05) is 18.2 Å². The fourth-order valence-corrected chi connectivity index (χ4v) is 3.49. The minimum absolute atomic E-state index is 0.0518. The molecule has 1 aliphatic rings. The Morgan fingerprint density at radius 3 is 2.85 bits per heavy atom. The van der Waals surface area contributed by atoms with E-state index < -0.39 is 0 Å². The highest BCUT2D eigenvalue weighted by Gasteiger charge is 2.30. The monoisotopic (exact) mass is 371 g/mol. The van der Waals surface area contributed by atoms with Crippen molar-refractivity contribution in [2.45, 2.75) is 19.4 Å². The highest BCUT2D eigenvalue weighted by molar-refractivity contribution is 5.79. The molecule has 2 heterocycles. The lowest BCUT2D eigenvalue weighted by Crippen LogP contribution is -2.45. The summed E-state index contributed by atoms with van der Waals surface area (Å²) in [5.41, 5.74) is 0.527. The zero-order valence-electron chi connectivity index (χ0n) is 15.7. The quantitative estimate of drug-likeness (QED) is 0.750. The number of piperidine rings is 1. The number of nitrogens with zero attached hydrogens (tertiary/aromatic N) is 3. The molecular formula is C21H26FN3O2. The van der Waals surface area contributed by atoms with E-state index in [1.165, 1.54) is 6.07 Å². The third-order valence-electron chi connectivity index (χ3n) is 4.94. The number of carbonyl (C=O) groups is 1. The first-order chi connectivity index (χ1) is 13.2. The zero-order valence-corrected chi connectivity index (χ0v) is 15.7. The minimum Gasteiger partial charge on any atom is -0.383 e. The number of aromatic nitrogens is 1. The first-order valence-corrected chi connectivity index (χ1v) is 9.36.